The second-order valence-corrected chi connectivity index (χ2v) is 7.05. The number of halogens is 3. The summed E-state index contributed by atoms with van der Waals surface area (Å²) in [5, 5.41) is 2.32. The van der Waals surface area contributed by atoms with E-state index in [0.717, 1.165) is 12.8 Å². The summed E-state index contributed by atoms with van der Waals surface area (Å²) < 4.78 is 32.4. The van der Waals surface area contributed by atoms with E-state index in [-0.39, 0.29) is 24.7 Å². The Hall–Kier alpha value is -1.93. The van der Waals surface area contributed by atoms with Crippen molar-refractivity contribution in [2.24, 2.45) is 11.7 Å². The molecule has 2 unspecified atom stereocenters. The summed E-state index contributed by atoms with van der Waals surface area (Å²) in [6.07, 6.45) is 2.18. The molecule has 0 aliphatic carbocycles. The molecule has 1 fully saturated rings. The molecule has 0 radical (unpaired) electrons. The third-order valence-electron chi connectivity index (χ3n) is 5.07. The van der Waals surface area contributed by atoms with Gasteiger partial charge in [-0.05, 0) is 18.9 Å². The zero-order valence-corrected chi connectivity index (χ0v) is 17.6. The van der Waals surface area contributed by atoms with Gasteiger partial charge in [0.2, 0.25) is 11.8 Å². The lowest BCUT2D eigenvalue weighted by molar-refractivity contribution is -0.144. The first-order valence-electron chi connectivity index (χ1n) is 9.62. The topological polar surface area (TPSA) is 84.7 Å². The molecule has 2 atom stereocenters. The summed E-state index contributed by atoms with van der Waals surface area (Å²) in [5.41, 5.74) is 5.76. The van der Waals surface area contributed by atoms with Gasteiger partial charge in [-0.25, -0.2) is 8.78 Å². The van der Waals surface area contributed by atoms with Crippen molar-refractivity contribution in [1.29, 1.82) is 0 Å². The maximum absolute atomic E-state index is 13.5. The Labute approximate surface area is 176 Å². The molecule has 1 aliphatic rings. The lowest BCUT2D eigenvalue weighted by Crippen LogP contribution is -2.50. The number of carbonyl (C=O) groups excluding carboxylic acids is 2. The van der Waals surface area contributed by atoms with Crippen LogP contribution >= 0.6 is 12.4 Å². The molecule has 9 heteroatoms. The number of methoxy groups -OCH3 is 1. The summed E-state index contributed by atoms with van der Waals surface area (Å²) >= 11 is 0. The summed E-state index contributed by atoms with van der Waals surface area (Å²) in [4.78, 5) is 27.1. The van der Waals surface area contributed by atoms with Gasteiger partial charge in [0, 0.05) is 18.5 Å². The number of alkyl halides is 2. The number of rotatable bonds is 9. The second-order valence-electron chi connectivity index (χ2n) is 7.05. The first kappa shape index (κ1) is 25.1. The van der Waals surface area contributed by atoms with E-state index in [9.17, 15) is 18.4 Å². The number of piperidine rings is 1. The molecule has 1 saturated heterocycles. The summed E-state index contributed by atoms with van der Waals surface area (Å²) in [5.74, 6) is -3.78. The van der Waals surface area contributed by atoms with Gasteiger partial charge in [-0.15, -0.1) is 12.4 Å². The van der Waals surface area contributed by atoms with E-state index in [2.05, 4.69) is 5.32 Å². The van der Waals surface area contributed by atoms with Crippen molar-refractivity contribution >= 4 is 24.2 Å². The van der Waals surface area contributed by atoms with Crippen LogP contribution in [0.25, 0.3) is 0 Å². The highest BCUT2D eigenvalue weighted by atomic mass is 35.5. The zero-order chi connectivity index (χ0) is 20.7. The molecule has 0 spiro atoms. The Morgan fingerprint density at radius 2 is 2.07 bits per heavy atom. The quantitative estimate of drug-likeness (QED) is 0.627. The van der Waals surface area contributed by atoms with Crippen LogP contribution in [0.4, 0.5) is 8.78 Å². The highest BCUT2D eigenvalue weighted by molar-refractivity contribution is 5.85. The molecule has 1 aromatic rings. The molecular weight excluding hydrogens is 404 g/mol. The molecule has 6 nitrogen and oxygen atoms in total. The predicted octanol–water partition coefficient (Wildman–Crippen LogP) is 2.91. The van der Waals surface area contributed by atoms with E-state index in [0.29, 0.717) is 24.3 Å². The highest BCUT2D eigenvalue weighted by Crippen LogP contribution is 2.40. The van der Waals surface area contributed by atoms with Gasteiger partial charge >= 0.3 is 0 Å². The van der Waals surface area contributed by atoms with Gasteiger partial charge in [-0.1, -0.05) is 31.5 Å². The minimum Gasteiger partial charge on any atom is -0.496 e. The summed E-state index contributed by atoms with van der Waals surface area (Å²) in [6.45, 7) is 0.863. The van der Waals surface area contributed by atoms with Crippen LogP contribution in [-0.2, 0) is 9.59 Å². The highest BCUT2D eigenvalue weighted by Gasteiger charge is 2.42. The molecule has 0 aromatic heterocycles. The van der Waals surface area contributed by atoms with E-state index in [4.69, 9.17) is 10.5 Å². The first-order chi connectivity index (χ1) is 13.3. The van der Waals surface area contributed by atoms with Crippen molar-refractivity contribution < 1.29 is 23.1 Å². The van der Waals surface area contributed by atoms with Crippen LogP contribution in [0.5, 0.6) is 5.75 Å². The van der Waals surface area contributed by atoms with Gasteiger partial charge in [0.1, 0.15) is 5.75 Å². The summed E-state index contributed by atoms with van der Waals surface area (Å²) in [7, 11) is 1.52. The Balaban J connectivity index is 0.00000420. The Kier molecular flexibility index (Phi) is 9.79. The van der Waals surface area contributed by atoms with E-state index in [1.54, 1.807) is 17.0 Å². The molecule has 0 saturated carbocycles. The molecule has 0 bridgehead atoms. The number of nitrogens with one attached hydrogen (secondary N) is 1. The fourth-order valence-corrected chi connectivity index (χ4v) is 3.53. The van der Waals surface area contributed by atoms with Crippen LogP contribution in [-0.4, -0.2) is 49.4 Å². The number of para-hydroxylation sites is 1. The number of carbonyl (C=O) groups is 2. The average molecular weight is 434 g/mol. The van der Waals surface area contributed by atoms with Crippen molar-refractivity contribution in [3.8, 4) is 5.75 Å². The van der Waals surface area contributed by atoms with Gasteiger partial charge in [0.25, 0.3) is 5.92 Å². The maximum Gasteiger partial charge on any atom is 0.277 e. The monoisotopic (exact) mass is 433 g/mol. The van der Waals surface area contributed by atoms with Crippen molar-refractivity contribution in [3.05, 3.63) is 29.8 Å². The van der Waals surface area contributed by atoms with Crippen LogP contribution in [0.1, 0.15) is 44.2 Å². The zero-order valence-electron chi connectivity index (χ0n) is 16.8. The number of benzene rings is 1. The fraction of sp³-hybridized carbons (Fsp3) is 0.600. The molecular formula is C20H30ClF2N3O3. The van der Waals surface area contributed by atoms with Crippen LogP contribution in [0.15, 0.2) is 24.3 Å². The standard InChI is InChI=1S/C20H29F2N3O3.ClH/c1-3-4-11-25-17(26)10-9-15(19(27)24-13-20(21,22)12-23)18(25)14-7-5-6-8-16(14)28-2;/h5-8,15,18H,3-4,9-13,23H2,1-2H3,(H,24,27);1H. The van der Waals surface area contributed by atoms with Crippen LogP contribution < -0.4 is 15.8 Å². The van der Waals surface area contributed by atoms with Gasteiger partial charge in [0.15, 0.2) is 0 Å². The molecule has 1 heterocycles. The smallest absolute Gasteiger partial charge is 0.277 e. The number of unbranched alkanes of at least 4 members (excludes halogenated alkanes) is 1. The third-order valence-corrected chi connectivity index (χ3v) is 5.07. The molecule has 2 rings (SSSR count). The third kappa shape index (κ3) is 6.27. The Morgan fingerprint density at radius 1 is 1.38 bits per heavy atom. The van der Waals surface area contributed by atoms with Gasteiger partial charge in [0.05, 0.1) is 32.2 Å². The maximum atomic E-state index is 13.5. The van der Waals surface area contributed by atoms with Crippen molar-refractivity contribution in [3.63, 3.8) is 0 Å². The molecule has 164 valence electrons. The van der Waals surface area contributed by atoms with E-state index < -0.39 is 36.9 Å². The molecule has 1 aromatic carbocycles. The lowest BCUT2D eigenvalue weighted by Gasteiger charge is -2.41. The SMILES string of the molecule is CCCCN1C(=O)CCC(C(=O)NCC(F)(F)CN)C1c1ccccc1OC.Cl. The van der Waals surface area contributed by atoms with Gasteiger partial charge < -0.3 is 20.7 Å². The Bertz CT molecular complexity index is 691. The largest absolute Gasteiger partial charge is 0.496 e. The van der Waals surface area contributed by atoms with Crippen LogP contribution in [0, 0.1) is 5.92 Å². The molecule has 3 N–H and O–H groups in total. The van der Waals surface area contributed by atoms with Gasteiger partial charge in [-0.2, -0.15) is 0 Å². The predicted molar refractivity (Wildman–Crippen MR) is 109 cm³/mol. The number of likely N-dealkylation sites (tertiary alicyclic amines) is 1. The van der Waals surface area contributed by atoms with Crippen molar-refractivity contribution in [2.45, 2.75) is 44.6 Å². The number of hydrogen-bond donors (Lipinski definition) is 2. The molecule has 1 aliphatic heterocycles. The molecule has 29 heavy (non-hydrogen) atoms. The normalized spacial score (nSPS) is 19.5. The number of nitrogens with two attached hydrogens (primary N) is 1. The number of hydrogen-bond acceptors (Lipinski definition) is 4. The number of amides is 2. The van der Waals surface area contributed by atoms with E-state index >= 15 is 0 Å². The van der Waals surface area contributed by atoms with E-state index in [1.807, 2.05) is 19.1 Å². The second kappa shape index (κ2) is 11.3. The minimum atomic E-state index is -3.16. The van der Waals surface area contributed by atoms with Gasteiger partial charge in [-0.3, -0.25) is 9.59 Å². The van der Waals surface area contributed by atoms with Crippen molar-refractivity contribution in [2.75, 3.05) is 26.7 Å². The van der Waals surface area contributed by atoms with Crippen molar-refractivity contribution in [1.82, 2.24) is 10.2 Å². The Morgan fingerprint density at radius 3 is 2.69 bits per heavy atom. The van der Waals surface area contributed by atoms with E-state index in [1.165, 1.54) is 7.11 Å². The first-order valence-corrected chi connectivity index (χ1v) is 9.62. The number of nitrogens with zero attached hydrogens (tertiary/aromatic N) is 1. The lowest BCUT2D eigenvalue weighted by atomic mass is 9.83. The van der Waals surface area contributed by atoms with Crippen LogP contribution in [0.2, 0.25) is 0 Å². The minimum absolute atomic E-state index is 0. The summed E-state index contributed by atoms with van der Waals surface area (Å²) in [6, 6.07) is 6.64. The molecule has 2 amide bonds. The fourth-order valence-electron chi connectivity index (χ4n) is 3.53. The average Bonchev–Trinajstić information content (AvgIpc) is 2.71. The van der Waals surface area contributed by atoms with Crippen LogP contribution in [0.3, 0.4) is 0 Å². The number of ether oxygens (including phenoxy) is 1.